The van der Waals surface area contributed by atoms with Gasteiger partial charge in [0.1, 0.15) is 18.0 Å². The number of amides is 1. The van der Waals surface area contributed by atoms with Crippen LogP contribution in [0.15, 0.2) is 18.2 Å². The molecule has 1 amide bonds. The highest BCUT2D eigenvalue weighted by atomic mass is 19.4. The number of fused-ring (bicyclic) bond motifs is 2. The molecule has 2 saturated heterocycles. The number of hydrogen-bond acceptors (Lipinski definition) is 6. The SMILES string of the molecule is CC(C)(C)OC(=O)N1CC2CC1CN2CCOc1cc([N+](=O)[O-])cc(C(F)(F)F)c1. The zero-order chi connectivity index (χ0) is 22.3. The van der Waals surface area contributed by atoms with Gasteiger partial charge < -0.3 is 14.4 Å². The summed E-state index contributed by atoms with van der Waals surface area (Å²) in [5.74, 6) is -0.198. The Kier molecular flexibility index (Phi) is 5.85. The van der Waals surface area contributed by atoms with Crippen molar-refractivity contribution in [2.45, 2.75) is 51.1 Å². The van der Waals surface area contributed by atoms with E-state index in [0.29, 0.717) is 25.7 Å². The molecular formula is C19H24F3N3O5. The summed E-state index contributed by atoms with van der Waals surface area (Å²) in [6.07, 6.45) is -4.25. The number of likely N-dealkylation sites (tertiary alicyclic amines) is 2. The summed E-state index contributed by atoms with van der Waals surface area (Å²) in [7, 11) is 0. The van der Waals surface area contributed by atoms with Crippen LogP contribution in [0.25, 0.3) is 0 Å². The minimum atomic E-state index is -4.71. The zero-order valence-electron chi connectivity index (χ0n) is 16.9. The molecule has 2 atom stereocenters. The molecule has 0 aromatic heterocycles. The normalized spacial score (nSPS) is 21.7. The van der Waals surface area contributed by atoms with Gasteiger partial charge in [-0.15, -0.1) is 0 Å². The number of benzene rings is 1. The van der Waals surface area contributed by atoms with Crippen LogP contribution in [0.5, 0.6) is 5.75 Å². The average Bonchev–Trinajstić information content (AvgIpc) is 3.19. The van der Waals surface area contributed by atoms with Gasteiger partial charge in [-0.2, -0.15) is 13.2 Å². The van der Waals surface area contributed by atoms with Gasteiger partial charge in [0.25, 0.3) is 5.69 Å². The van der Waals surface area contributed by atoms with Crippen molar-refractivity contribution in [3.05, 3.63) is 33.9 Å². The molecule has 1 aromatic rings. The maximum Gasteiger partial charge on any atom is 0.416 e. The Balaban J connectivity index is 1.55. The molecule has 0 radical (unpaired) electrons. The van der Waals surface area contributed by atoms with Crippen LogP contribution in [0.2, 0.25) is 0 Å². The Morgan fingerprint density at radius 2 is 1.90 bits per heavy atom. The Morgan fingerprint density at radius 3 is 2.43 bits per heavy atom. The van der Waals surface area contributed by atoms with Crippen molar-refractivity contribution < 1.29 is 32.4 Å². The Bertz CT molecular complexity index is 825. The van der Waals surface area contributed by atoms with Crippen LogP contribution in [0.3, 0.4) is 0 Å². The van der Waals surface area contributed by atoms with Crippen molar-refractivity contribution in [2.24, 2.45) is 0 Å². The van der Waals surface area contributed by atoms with Gasteiger partial charge in [-0.3, -0.25) is 15.0 Å². The Morgan fingerprint density at radius 1 is 1.20 bits per heavy atom. The maximum atomic E-state index is 13.0. The summed E-state index contributed by atoms with van der Waals surface area (Å²) in [5.41, 5.74) is -2.37. The maximum absolute atomic E-state index is 13.0. The van der Waals surface area contributed by atoms with E-state index in [0.717, 1.165) is 18.6 Å². The Hall–Kier alpha value is -2.56. The summed E-state index contributed by atoms with van der Waals surface area (Å²) >= 11 is 0. The van der Waals surface area contributed by atoms with E-state index in [1.165, 1.54) is 0 Å². The highest BCUT2D eigenvalue weighted by Gasteiger charge is 2.46. The molecule has 0 N–H and O–H groups in total. The number of carbonyl (C=O) groups excluding carboxylic acids is 1. The number of rotatable bonds is 5. The van der Waals surface area contributed by atoms with E-state index in [4.69, 9.17) is 9.47 Å². The third kappa shape index (κ3) is 5.13. The molecule has 8 nitrogen and oxygen atoms in total. The second kappa shape index (κ2) is 7.93. The highest BCUT2D eigenvalue weighted by molar-refractivity contribution is 5.69. The molecule has 166 valence electrons. The number of ether oxygens (including phenoxy) is 2. The predicted octanol–water partition coefficient (Wildman–Crippen LogP) is 3.69. The molecule has 2 bridgehead atoms. The minimum absolute atomic E-state index is 0.0273. The van der Waals surface area contributed by atoms with Gasteiger partial charge in [-0.1, -0.05) is 0 Å². The topological polar surface area (TPSA) is 85.2 Å². The molecule has 2 fully saturated rings. The van der Waals surface area contributed by atoms with Crippen LogP contribution in [-0.2, 0) is 10.9 Å². The molecule has 3 rings (SSSR count). The monoisotopic (exact) mass is 431 g/mol. The van der Waals surface area contributed by atoms with Crippen molar-refractivity contribution in [2.75, 3.05) is 26.2 Å². The number of nitro groups is 1. The lowest BCUT2D eigenvalue weighted by Crippen LogP contribution is -2.50. The number of carbonyl (C=O) groups is 1. The summed E-state index contributed by atoms with van der Waals surface area (Å²) in [6, 6.07) is 2.38. The molecule has 30 heavy (non-hydrogen) atoms. The number of hydrogen-bond donors (Lipinski definition) is 0. The quantitative estimate of drug-likeness (QED) is 0.522. The molecule has 2 heterocycles. The van der Waals surface area contributed by atoms with Crippen LogP contribution in [0.1, 0.15) is 32.8 Å². The van der Waals surface area contributed by atoms with E-state index in [1.807, 2.05) is 0 Å². The molecule has 0 spiro atoms. The van der Waals surface area contributed by atoms with Gasteiger partial charge in [-0.05, 0) is 33.3 Å². The van der Waals surface area contributed by atoms with Gasteiger partial charge in [0, 0.05) is 37.8 Å². The third-order valence-corrected chi connectivity index (χ3v) is 5.06. The van der Waals surface area contributed by atoms with Crippen LogP contribution in [0.4, 0.5) is 23.7 Å². The van der Waals surface area contributed by atoms with Gasteiger partial charge >= 0.3 is 12.3 Å². The number of non-ortho nitro benzene ring substituents is 1. The van der Waals surface area contributed by atoms with Gasteiger partial charge in [0.2, 0.25) is 0 Å². The molecule has 2 aliphatic heterocycles. The largest absolute Gasteiger partial charge is 0.492 e. The molecule has 2 aliphatic rings. The fourth-order valence-corrected chi connectivity index (χ4v) is 3.78. The van der Waals surface area contributed by atoms with Crippen molar-refractivity contribution in [3.8, 4) is 5.75 Å². The smallest absolute Gasteiger partial charge is 0.416 e. The first-order chi connectivity index (χ1) is 13.8. The summed E-state index contributed by atoms with van der Waals surface area (Å²) in [5, 5.41) is 10.9. The van der Waals surface area contributed by atoms with Crippen LogP contribution in [0, 0.1) is 10.1 Å². The standard InChI is InChI=1S/C19H24F3N3O5/c1-18(2,3)30-17(26)24-11-14-8-15(24)10-23(14)4-5-29-16-7-12(19(20,21)22)6-13(9-16)25(27)28/h6-7,9,14-15H,4-5,8,10-11H2,1-3H3. The molecule has 11 heteroatoms. The molecule has 0 aliphatic carbocycles. The Labute approximate surface area is 171 Å². The van der Waals surface area contributed by atoms with Gasteiger partial charge in [-0.25, -0.2) is 4.79 Å². The van der Waals surface area contributed by atoms with E-state index in [2.05, 4.69) is 4.90 Å². The second-order valence-corrected chi connectivity index (χ2v) is 8.49. The zero-order valence-corrected chi connectivity index (χ0v) is 16.9. The number of halogens is 3. The highest BCUT2D eigenvalue weighted by Crippen LogP contribution is 2.35. The van der Waals surface area contributed by atoms with Gasteiger partial charge in [0.15, 0.2) is 0 Å². The predicted molar refractivity (Wildman–Crippen MR) is 100 cm³/mol. The first-order valence-corrected chi connectivity index (χ1v) is 9.56. The first-order valence-electron chi connectivity index (χ1n) is 9.56. The fourth-order valence-electron chi connectivity index (χ4n) is 3.78. The molecule has 0 saturated carbocycles. The van der Waals surface area contributed by atoms with E-state index in [-0.39, 0.29) is 30.5 Å². The van der Waals surface area contributed by atoms with Gasteiger partial charge in [0.05, 0.1) is 16.6 Å². The number of piperazine rings is 1. The lowest BCUT2D eigenvalue weighted by Gasteiger charge is -2.35. The fraction of sp³-hybridized carbons (Fsp3) is 0.632. The van der Waals surface area contributed by atoms with Crippen LogP contribution >= 0.6 is 0 Å². The second-order valence-electron chi connectivity index (χ2n) is 8.49. The summed E-state index contributed by atoms with van der Waals surface area (Å²) in [4.78, 5) is 26.1. The molecular weight excluding hydrogens is 407 g/mol. The lowest BCUT2D eigenvalue weighted by atomic mass is 10.2. The number of nitrogens with zero attached hydrogens (tertiary/aromatic N) is 3. The van der Waals surface area contributed by atoms with E-state index in [1.54, 1.807) is 25.7 Å². The number of alkyl halides is 3. The summed E-state index contributed by atoms with van der Waals surface area (Å²) < 4.78 is 49.7. The minimum Gasteiger partial charge on any atom is -0.492 e. The van der Waals surface area contributed by atoms with Crippen molar-refractivity contribution >= 4 is 11.8 Å². The third-order valence-electron chi connectivity index (χ3n) is 5.06. The lowest BCUT2D eigenvalue weighted by molar-refractivity contribution is -0.385. The first kappa shape index (κ1) is 22.1. The van der Waals surface area contributed by atoms with E-state index < -0.39 is 28.0 Å². The number of nitro benzene ring substituents is 1. The van der Waals surface area contributed by atoms with E-state index in [9.17, 15) is 28.1 Å². The van der Waals surface area contributed by atoms with Crippen LogP contribution < -0.4 is 4.74 Å². The molecule has 2 unspecified atom stereocenters. The summed E-state index contributed by atoms with van der Waals surface area (Å²) in [6.45, 7) is 7.08. The van der Waals surface area contributed by atoms with Crippen molar-refractivity contribution in [1.29, 1.82) is 0 Å². The van der Waals surface area contributed by atoms with Crippen molar-refractivity contribution in [1.82, 2.24) is 9.80 Å². The van der Waals surface area contributed by atoms with Crippen molar-refractivity contribution in [3.63, 3.8) is 0 Å². The van der Waals surface area contributed by atoms with Crippen LogP contribution in [-0.4, -0.2) is 64.7 Å². The molecule has 1 aromatic carbocycles. The van der Waals surface area contributed by atoms with E-state index >= 15 is 0 Å². The average molecular weight is 431 g/mol.